The van der Waals surface area contributed by atoms with Crippen LogP contribution in [0, 0.1) is 0 Å². The largest absolute Gasteiger partial charge is 0.493 e. The van der Waals surface area contributed by atoms with Crippen molar-refractivity contribution in [2.75, 3.05) is 27.3 Å². The summed E-state index contributed by atoms with van der Waals surface area (Å²) < 4.78 is 10.3. The first-order valence-electron chi connectivity index (χ1n) is 6.51. The summed E-state index contributed by atoms with van der Waals surface area (Å²) in [6.07, 6.45) is 0.196. The molecule has 0 aliphatic heterocycles. The van der Waals surface area contributed by atoms with Crippen molar-refractivity contribution in [2.24, 2.45) is 0 Å². The van der Waals surface area contributed by atoms with Gasteiger partial charge in [0, 0.05) is 13.1 Å². The van der Waals surface area contributed by atoms with E-state index < -0.39 is 10.7 Å². The molecule has 1 aromatic rings. The summed E-state index contributed by atoms with van der Waals surface area (Å²) in [4.78, 5) is 21.8. The summed E-state index contributed by atoms with van der Waals surface area (Å²) in [5.41, 5.74) is 0.792. The van der Waals surface area contributed by atoms with Gasteiger partial charge in [-0.25, -0.2) is 0 Å². The van der Waals surface area contributed by atoms with E-state index in [1.165, 1.54) is 7.11 Å². The molecule has 22 heavy (non-hydrogen) atoms. The van der Waals surface area contributed by atoms with Gasteiger partial charge in [0.05, 0.1) is 20.6 Å². The number of carbonyl (C=O) groups excluding carboxylic acids is 2. The molecule has 2 N–H and O–H groups in total. The van der Waals surface area contributed by atoms with E-state index in [4.69, 9.17) is 32.7 Å². The van der Waals surface area contributed by atoms with Crippen LogP contribution in [0.1, 0.15) is 5.56 Å². The number of methoxy groups -OCH3 is 2. The topological polar surface area (TPSA) is 76.7 Å². The summed E-state index contributed by atoms with van der Waals surface area (Å²) in [5, 5.41) is 5.16. The average Bonchev–Trinajstić information content (AvgIpc) is 2.50. The molecule has 0 aliphatic carbocycles. The van der Waals surface area contributed by atoms with Crippen molar-refractivity contribution in [1.29, 1.82) is 0 Å². The van der Waals surface area contributed by atoms with E-state index in [-0.39, 0.29) is 18.9 Å². The summed E-state index contributed by atoms with van der Waals surface area (Å²) in [5.74, 6) is 0.508. The van der Waals surface area contributed by atoms with E-state index in [2.05, 4.69) is 10.6 Å². The first-order chi connectivity index (χ1) is 10.5. The summed E-state index contributed by atoms with van der Waals surface area (Å²) in [7, 11) is 3.08. The van der Waals surface area contributed by atoms with E-state index >= 15 is 0 Å². The third kappa shape index (κ3) is 5.99. The molecule has 0 saturated carbocycles. The zero-order chi connectivity index (χ0) is 16.5. The molecule has 2 amide bonds. The van der Waals surface area contributed by atoms with Crippen LogP contribution in [0.5, 0.6) is 11.5 Å². The van der Waals surface area contributed by atoms with E-state index in [1.807, 2.05) is 0 Å². The van der Waals surface area contributed by atoms with E-state index in [1.54, 1.807) is 25.3 Å². The first-order valence-corrected chi connectivity index (χ1v) is 7.38. The van der Waals surface area contributed by atoms with Gasteiger partial charge in [0.15, 0.2) is 16.3 Å². The fraction of sp³-hybridized carbons (Fsp3) is 0.429. The fourth-order valence-electron chi connectivity index (χ4n) is 1.70. The lowest BCUT2D eigenvalue weighted by Gasteiger charge is -2.10. The van der Waals surface area contributed by atoms with Gasteiger partial charge in [-0.3, -0.25) is 9.59 Å². The maximum atomic E-state index is 11.8. The Balaban J connectivity index is 2.40. The van der Waals surface area contributed by atoms with Gasteiger partial charge in [-0.15, -0.1) is 0 Å². The van der Waals surface area contributed by atoms with Gasteiger partial charge in [-0.1, -0.05) is 29.3 Å². The van der Waals surface area contributed by atoms with Gasteiger partial charge >= 0.3 is 0 Å². The molecule has 0 unspecified atom stereocenters. The highest BCUT2D eigenvalue weighted by Gasteiger charge is 2.11. The predicted octanol–water partition coefficient (Wildman–Crippen LogP) is 1.28. The first kappa shape index (κ1) is 18.4. The molecule has 6 nitrogen and oxygen atoms in total. The van der Waals surface area contributed by atoms with Crippen LogP contribution in [0.15, 0.2) is 18.2 Å². The zero-order valence-corrected chi connectivity index (χ0v) is 13.8. The van der Waals surface area contributed by atoms with Crippen LogP contribution in [0.2, 0.25) is 0 Å². The van der Waals surface area contributed by atoms with Crippen molar-refractivity contribution in [2.45, 2.75) is 11.3 Å². The summed E-state index contributed by atoms with van der Waals surface area (Å²) >= 11 is 10.7. The second kappa shape index (κ2) is 9.38. The van der Waals surface area contributed by atoms with Gasteiger partial charge in [0.2, 0.25) is 5.91 Å². The minimum atomic E-state index is -1.11. The molecular weight excluding hydrogens is 331 g/mol. The Morgan fingerprint density at radius 3 is 2.32 bits per heavy atom. The molecular formula is C14H18Cl2N2O4. The Kier molecular flexibility index (Phi) is 7.84. The monoisotopic (exact) mass is 348 g/mol. The molecule has 1 rings (SSSR count). The highest BCUT2D eigenvalue weighted by molar-refractivity contribution is 6.53. The third-order valence-corrected chi connectivity index (χ3v) is 3.15. The highest BCUT2D eigenvalue weighted by Crippen LogP contribution is 2.27. The lowest BCUT2D eigenvalue weighted by Crippen LogP contribution is -2.37. The molecule has 0 atom stereocenters. The number of rotatable bonds is 8. The quantitative estimate of drug-likeness (QED) is 0.548. The smallest absolute Gasteiger partial charge is 0.253 e. The van der Waals surface area contributed by atoms with E-state index in [9.17, 15) is 9.59 Å². The molecule has 0 fully saturated rings. The summed E-state index contributed by atoms with van der Waals surface area (Å²) in [6, 6.07) is 5.27. The number of hydrogen-bond acceptors (Lipinski definition) is 4. The van der Waals surface area contributed by atoms with Gasteiger partial charge in [0.25, 0.3) is 5.91 Å². The maximum Gasteiger partial charge on any atom is 0.253 e. The molecule has 0 radical (unpaired) electrons. The van der Waals surface area contributed by atoms with Crippen LogP contribution in [0.25, 0.3) is 0 Å². The minimum Gasteiger partial charge on any atom is -0.493 e. The number of alkyl halides is 2. The maximum absolute atomic E-state index is 11.8. The van der Waals surface area contributed by atoms with Crippen LogP contribution in [0.4, 0.5) is 0 Å². The van der Waals surface area contributed by atoms with Gasteiger partial charge in [-0.2, -0.15) is 0 Å². The molecule has 0 spiro atoms. The number of nitrogens with one attached hydrogen (secondary N) is 2. The third-order valence-electron chi connectivity index (χ3n) is 2.76. The number of benzene rings is 1. The molecule has 8 heteroatoms. The van der Waals surface area contributed by atoms with Crippen molar-refractivity contribution < 1.29 is 19.1 Å². The lowest BCUT2D eigenvalue weighted by molar-refractivity contribution is -0.121. The molecule has 0 bridgehead atoms. The lowest BCUT2D eigenvalue weighted by atomic mass is 10.1. The number of halogens is 2. The van der Waals surface area contributed by atoms with Crippen molar-refractivity contribution >= 4 is 35.0 Å². The molecule has 0 aliphatic rings. The number of carbonyl (C=O) groups is 2. The molecule has 0 heterocycles. The Morgan fingerprint density at radius 2 is 1.73 bits per heavy atom. The normalized spacial score (nSPS) is 10.2. The van der Waals surface area contributed by atoms with E-state index in [0.29, 0.717) is 18.0 Å². The standard InChI is InChI=1S/C14H18Cl2N2O4/c1-21-10-4-3-9(7-11(10)22-2)8-12(19)17-5-6-18-14(20)13(15)16/h3-4,7,13H,5-6,8H2,1-2H3,(H,17,19)(H,18,20). The number of hydrogen-bond donors (Lipinski definition) is 2. The van der Waals surface area contributed by atoms with Gasteiger partial charge in [0.1, 0.15) is 0 Å². The fourth-order valence-corrected chi connectivity index (χ4v) is 1.86. The van der Waals surface area contributed by atoms with Crippen LogP contribution in [-0.4, -0.2) is 44.0 Å². The predicted molar refractivity (Wildman–Crippen MR) is 84.8 cm³/mol. The molecule has 0 saturated heterocycles. The zero-order valence-electron chi connectivity index (χ0n) is 12.3. The van der Waals surface area contributed by atoms with Crippen molar-refractivity contribution in [1.82, 2.24) is 10.6 Å². The average molecular weight is 349 g/mol. The van der Waals surface area contributed by atoms with Crippen LogP contribution >= 0.6 is 23.2 Å². The second-order valence-corrected chi connectivity index (χ2v) is 5.40. The van der Waals surface area contributed by atoms with Crippen LogP contribution in [-0.2, 0) is 16.0 Å². The second-order valence-electron chi connectivity index (χ2n) is 4.31. The van der Waals surface area contributed by atoms with Crippen LogP contribution in [0.3, 0.4) is 0 Å². The molecule has 122 valence electrons. The van der Waals surface area contributed by atoms with Crippen molar-refractivity contribution in [3.8, 4) is 11.5 Å². The SMILES string of the molecule is COc1ccc(CC(=O)NCCNC(=O)C(Cl)Cl)cc1OC. The number of amides is 2. The highest BCUT2D eigenvalue weighted by atomic mass is 35.5. The van der Waals surface area contributed by atoms with Crippen LogP contribution < -0.4 is 20.1 Å². The van der Waals surface area contributed by atoms with E-state index in [0.717, 1.165) is 5.56 Å². The molecule has 1 aromatic carbocycles. The Bertz CT molecular complexity index is 524. The Morgan fingerprint density at radius 1 is 1.09 bits per heavy atom. The Labute approximate surface area is 139 Å². The minimum absolute atomic E-state index is 0.172. The molecule has 0 aromatic heterocycles. The Hall–Kier alpha value is -1.66. The van der Waals surface area contributed by atoms with Gasteiger partial charge in [-0.05, 0) is 17.7 Å². The van der Waals surface area contributed by atoms with Gasteiger partial charge < -0.3 is 20.1 Å². The van der Waals surface area contributed by atoms with Crippen molar-refractivity contribution in [3.63, 3.8) is 0 Å². The summed E-state index contributed by atoms with van der Waals surface area (Å²) in [6.45, 7) is 0.546. The number of ether oxygens (including phenoxy) is 2. The van der Waals surface area contributed by atoms with Crippen molar-refractivity contribution in [3.05, 3.63) is 23.8 Å².